The molecule has 1 atom stereocenters. The first-order chi connectivity index (χ1) is 6.54. The van der Waals surface area contributed by atoms with Crippen LogP contribution in [0.5, 0.6) is 0 Å². The lowest BCUT2D eigenvalue weighted by atomic mass is 10.6. The van der Waals surface area contributed by atoms with Crippen LogP contribution in [-0.2, 0) is 7.05 Å². The van der Waals surface area contributed by atoms with Crippen molar-refractivity contribution < 1.29 is 4.92 Å². The molecule has 0 aliphatic carbocycles. The average Bonchev–Trinajstić information content (AvgIpc) is 2.46. The number of hydrogen-bond donors (Lipinski definition) is 0. The number of alkyl halides is 1. The second kappa shape index (κ2) is 4.65. The number of rotatable bonds is 4. The highest BCUT2D eigenvalue weighted by Crippen LogP contribution is 2.30. The Hall–Kier alpha value is -0.750. The Morgan fingerprint density at radius 2 is 2.50 bits per heavy atom. The molecule has 0 aliphatic heterocycles. The zero-order valence-corrected chi connectivity index (χ0v) is 9.38. The molecule has 0 saturated carbocycles. The molecule has 1 aromatic heterocycles. The summed E-state index contributed by atoms with van der Waals surface area (Å²) in [6, 6.07) is 0. The van der Waals surface area contributed by atoms with Gasteiger partial charge in [-0.1, -0.05) is 18.7 Å². The first kappa shape index (κ1) is 11.3. The van der Waals surface area contributed by atoms with Gasteiger partial charge in [0.2, 0.25) is 0 Å². The summed E-state index contributed by atoms with van der Waals surface area (Å²) in [6.07, 6.45) is 1.39. The quantitative estimate of drug-likeness (QED) is 0.347. The number of aromatic nitrogens is 2. The molecule has 0 aliphatic rings. The highest BCUT2D eigenvalue weighted by atomic mass is 35.5. The fraction of sp³-hybridized carbons (Fsp3) is 0.571. The molecule has 1 rings (SSSR count). The first-order valence-electron chi connectivity index (χ1n) is 3.95. The number of hydrogen-bond acceptors (Lipinski definition) is 4. The predicted octanol–water partition coefficient (Wildman–Crippen LogP) is 2.05. The van der Waals surface area contributed by atoms with E-state index in [4.69, 9.17) is 11.6 Å². The van der Waals surface area contributed by atoms with Crippen molar-refractivity contribution in [1.29, 1.82) is 0 Å². The van der Waals surface area contributed by atoms with Gasteiger partial charge in [-0.2, -0.15) is 5.10 Å². The van der Waals surface area contributed by atoms with Crippen molar-refractivity contribution in [2.75, 3.05) is 5.88 Å². The fourth-order valence-electron chi connectivity index (χ4n) is 0.887. The van der Waals surface area contributed by atoms with Gasteiger partial charge in [-0.15, -0.1) is 11.6 Å². The minimum Gasteiger partial charge on any atom is -0.267 e. The van der Waals surface area contributed by atoms with Crippen LogP contribution in [0, 0.1) is 10.1 Å². The van der Waals surface area contributed by atoms with Crippen LogP contribution in [0.1, 0.15) is 6.92 Å². The van der Waals surface area contributed by atoms with Crippen LogP contribution >= 0.6 is 23.4 Å². The second-order valence-electron chi connectivity index (χ2n) is 2.83. The zero-order valence-electron chi connectivity index (χ0n) is 7.81. The van der Waals surface area contributed by atoms with Crippen LogP contribution < -0.4 is 0 Å². The number of halogens is 1. The van der Waals surface area contributed by atoms with Gasteiger partial charge in [0.05, 0.1) is 4.92 Å². The molecule has 14 heavy (non-hydrogen) atoms. The Balaban J connectivity index is 2.89. The molecule has 7 heteroatoms. The normalized spacial score (nSPS) is 12.8. The van der Waals surface area contributed by atoms with E-state index in [1.807, 2.05) is 6.92 Å². The summed E-state index contributed by atoms with van der Waals surface area (Å²) >= 11 is 6.93. The van der Waals surface area contributed by atoms with E-state index >= 15 is 0 Å². The van der Waals surface area contributed by atoms with Crippen molar-refractivity contribution in [3.8, 4) is 0 Å². The number of nitrogens with zero attached hydrogens (tertiary/aromatic N) is 3. The fourth-order valence-corrected chi connectivity index (χ4v) is 1.94. The van der Waals surface area contributed by atoms with Crippen LogP contribution in [0.25, 0.3) is 0 Å². The summed E-state index contributed by atoms with van der Waals surface area (Å²) in [7, 11) is 1.66. The van der Waals surface area contributed by atoms with Crippen molar-refractivity contribution in [2.24, 2.45) is 7.05 Å². The maximum atomic E-state index is 10.6. The van der Waals surface area contributed by atoms with Gasteiger partial charge in [0.1, 0.15) is 6.20 Å². The third kappa shape index (κ3) is 2.62. The Bertz CT molecular complexity index is 342. The maximum absolute atomic E-state index is 10.6. The number of nitro groups is 1. The van der Waals surface area contributed by atoms with Gasteiger partial charge in [0, 0.05) is 18.2 Å². The van der Waals surface area contributed by atoms with Crippen molar-refractivity contribution in [3.05, 3.63) is 16.3 Å². The maximum Gasteiger partial charge on any atom is 0.320 e. The molecule has 1 aromatic rings. The molecule has 78 valence electrons. The highest BCUT2D eigenvalue weighted by Gasteiger charge is 2.20. The van der Waals surface area contributed by atoms with E-state index in [9.17, 15) is 10.1 Å². The second-order valence-corrected chi connectivity index (χ2v) is 4.57. The smallest absolute Gasteiger partial charge is 0.267 e. The van der Waals surface area contributed by atoms with E-state index in [2.05, 4.69) is 5.10 Å². The summed E-state index contributed by atoms with van der Waals surface area (Å²) in [5, 5.41) is 15.1. The van der Waals surface area contributed by atoms with Crippen LogP contribution in [0.15, 0.2) is 11.2 Å². The molecular formula is C7H10ClN3O2S. The topological polar surface area (TPSA) is 61.0 Å². The average molecular weight is 236 g/mol. The molecule has 0 aromatic carbocycles. The van der Waals surface area contributed by atoms with Crippen molar-refractivity contribution in [2.45, 2.75) is 17.2 Å². The Morgan fingerprint density at radius 1 is 1.86 bits per heavy atom. The minimum absolute atomic E-state index is 0.0365. The van der Waals surface area contributed by atoms with Gasteiger partial charge in [0.15, 0.2) is 5.03 Å². The van der Waals surface area contributed by atoms with Gasteiger partial charge in [-0.3, -0.25) is 14.8 Å². The van der Waals surface area contributed by atoms with Gasteiger partial charge >= 0.3 is 5.69 Å². The van der Waals surface area contributed by atoms with Crippen LogP contribution in [0.4, 0.5) is 5.69 Å². The molecule has 0 bridgehead atoms. The third-order valence-electron chi connectivity index (χ3n) is 1.50. The van der Waals surface area contributed by atoms with E-state index in [-0.39, 0.29) is 10.9 Å². The number of thioether (sulfide) groups is 1. The van der Waals surface area contributed by atoms with Crippen LogP contribution in [0.3, 0.4) is 0 Å². The molecular weight excluding hydrogens is 226 g/mol. The van der Waals surface area contributed by atoms with Crippen LogP contribution in [-0.4, -0.2) is 25.8 Å². The lowest BCUT2D eigenvalue weighted by Crippen LogP contribution is -1.98. The number of aryl methyl sites for hydroxylation is 1. The van der Waals surface area contributed by atoms with Crippen molar-refractivity contribution in [1.82, 2.24) is 9.78 Å². The molecule has 0 fully saturated rings. The monoisotopic (exact) mass is 235 g/mol. The highest BCUT2D eigenvalue weighted by molar-refractivity contribution is 8.00. The Labute approximate surface area is 90.6 Å². The molecule has 1 unspecified atom stereocenters. The lowest BCUT2D eigenvalue weighted by Gasteiger charge is -2.02. The predicted molar refractivity (Wildman–Crippen MR) is 55.9 cm³/mol. The molecule has 0 spiro atoms. The standard InChI is InChI=1S/C7H10ClN3O2S/c1-5(3-8)14-7-6(11(12)13)4-10(2)9-7/h4-5H,3H2,1-2H3. The van der Waals surface area contributed by atoms with Crippen molar-refractivity contribution in [3.63, 3.8) is 0 Å². The van der Waals surface area contributed by atoms with Gasteiger partial charge in [0.25, 0.3) is 0 Å². The summed E-state index contributed by atoms with van der Waals surface area (Å²) in [5.41, 5.74) is 0.0365. The molecule has 0 radical (unpaired) electrons. The molecule has 0 saturated heterocycles. The molecule has 0 amide bonds. The summed E-state index contributed by atoms with van der Waals surface area (Å²) < 4.78 is 1.43. The van der Waals surface area contributed by atoms with E-state index in [1.165, 1.54) is 22.6 Å². The van der Waals surface area contributed by atoms with Gasteiger partial charge < -0.3 is 0 Å². The minimum atomic E-state index is -0.434. The molecule has 5 nitrogen and oxygen atoms in total. The van der Waals surface area contributed by atoms with E-state index in [0.717, 1.165) is 0 Å². The Kier molecular flexibility index (Phi) is 3.77. The van der Waals surface area contributed by atoms with E-state index < -0.39 is 4.92 Å². The van der Waals surface area contributed by atoms with E-state index in [1.54, 1.807) is 7.05 Å². The van der Waals surface area contributed by atoms with Gasteiger partial charge in [-0.25, -0.2) is 0 Å². The first-order valence-corrected chi connectivity index (χ1v) is 5.36. The summed E-state index contributed by atoms with van der Waals surface area (Å²) in [5.74, 6) is 0.443. The van der Waals surface area contributed by atoms with E-state index in [0.29, 0.717) is 10.9 Å². The van der Waals surface area contributed by atoms with Crippen molar-refractivity contribution >= 4 is 29.1 Å². The van der Waals surface area contributed by atoms with Crippen LogP contribution in [0.2, 0.25) is 0 Å². The summed E-state index contributed by atoms with van der Waals surface area (Å²) in [4.78, 5) is 10.2. The largest absolute Gasteiger partial charge is 0.320 e. The summed E-state index contributed by atoms with van der Waals surface area (Å²) in [6.45, 7) is 1.90. The SMILES string of the molecule is CC(CCl)Sc1nn(C)cc1[N+](=O)[O-]. The van der Waals surface area contributed by atoms with Gasteiger partial charge in [-0.05, 0) is 0 Å². The molecule has 1 heterocycles. The lowest BCUT2D eigenvalue weighted by molar-refractivity contribution is -0.387. The molecule has 0 N–H and O–H groups in total. The zero-order chi connectivity index (χ0) is 10.7. The third-order valence-corrected chi connectivity index (χ3v) is 3.23. The Morgan fingerprint density at radius 3 is 3.00 bits per heavy atom.